The summed E-state index contributed by atoms with van der Waals surface area (Å²) in [6.45, 7) is 1.96. The van der Waals surface area contributed by atoms with Gasteiger partial charge in [0.15, 0.2) is 0 Å². The summed E-state index contributed by atoms with van der Waals surface area (Å²) in [5, 5.41) is 19.1. The van der Waals surface area contributed by atoms with Gasteiger partial charge in [-0.25, -0.2) is 4.98 Å². The third kappa shape index (κ3) is 6.20. The van der Waals surface area contributed by atoms with Gasteiger partial charge in [-0.15, -0.1) is 0 Å². The van der Waals surface area contributed by atoms with Gasteiger partial charge in [-0.3, -0.25) is 10.1 Å². The Hall–Kier alpha value is -3.26. The van der Waals surface area contributed by atoms with Crippen molar-refractivity contribution in [2.45, 2.75) is 44.6 Å². The van der Waals surface area contributed by atoms with Crippen LogP contribution in [-0.4, -0.2) is 48.1 Å². The van der Waals surface area contributed by atoms with Crippen LogP contribution in [0.4, 0.5) is 17.5 Å². The smallest absolute Gasteiger partial charge is 0.269 e. The molecule has 180 valence electrons. The minimum atomic E-state index is -0.333. The van der Waals surface area contributed by atoms with Gasteiger partial charge >= 0.3 is 0 Å². The molecule has 0 unspecified atom stereocenters. The van der Waals surface area contributed by atoms with Crippen molar-refractivity contribution >= 4 is 28.4 Å². The van der Waals surface area contributed by atoms with Crippen LogP contribution in [0.1, 0.15) is 37.7 Å². The zero-order chi connectivity index (χ0) is 23.9. The SMILES string of the molecule is CN(C)c1nc(N[C@H]2CC[C@@H](CNCCCc3cccc([N+](=O)[O-])c3)CC2)nc2ccccc12. The quantitative estimate of drug-likeness (QED) is 0.254. The molecule has 0 saturated heterocycles. The molecule has 0 radical (unpaired) electrons. The molecule has 0 bridgehead atoms. The molecule has 1 saturated carbocycles. The van der Waals surface area contributed by atoms with Gasteiger partial charge in [0.05, 0.1) is 10.4 Å². The summed E-state index contributed by atoms with van der Waals surface area (Å²) >= 11 is 0. The molecule has 2 aromatic carbocycles. The number of para-hydroxylation sites is 1. The fourth-order valence-corrected chi connectivity index (χ4v) is 4.71. The average molecular weight is 463 g/mol. The molecule has 8 heteroatoms. The van der Waals surface area contributed by atoms with Crippen LogP contribution in [0, 0.1) is 16.0 Å². The Kier molecular flexibility index (Phi) is 7.90. The molecule has 34 heavy (non-hydrogen) atoms. The van der Waals surface area contributed by atoms with Crippen molar-refractivity contribution in [2.75, 3.05) is 37.4 Å². The lowest BCUT2D eigenvalue weighted by molar-refractivity contribution is -0.384. The first-order chi connectivity index (χ1) is 16.5. The summed E-state index contributed by atoms with van der Waals surface area (Å²) < 4.78 is 0. The zero-order valence-corrected chi connectivity index (χ0v) is 20.0. The predicted molar refractivity (Wildman–Crippen MR) is 138 cm³/mol. The molecule has 1 aromatic heterocycles. The molecule has 0 atom stereocenters. The van der Waals surface area contributed by atoms with Gasteiger partial charge in [-0.05, 0) is 75.2 Å². The lowest BCUT2D eigenvalue weighted by Gasteiger charge is -2.29. The topological polar surface area (TPSA) is 96.2 Å². The first-order valence-corrected chi connectivity index (χ1v) is 12.1. The fraction of sp³-hybridized carbons (Fsp3) is 0.462. The number of nitro groups is 1. The van der Waals surface area contributed by atoms with E-state index in [0.29, 0.717) is 17.9 Å². The van der Waals surface area contributed by atoms with E-state index in [-0.39, 0.29) is 10.6 Å². The van der Waals surface area contributed by atoms with Crippen LogP contribution >= 0.6 is 0 Å². The molecule has 0 amide bonds. The number of nitrogens with zero attached hydrogens (tertiary/aromatic N) is 4. The summed E-state index contributed by atoms with van der Waals surface area (Å²) in [5.41, 5.74) is 2.16. The highest BCUT2D eigenvalue weighted by molar-refractivity contribution is 5.90. The second kappa shape index (κ2) is 11.2. The molecule has 3 aromatic rings. The first kappa shape index (κ1) is 23.9. The summed E-state index contributed by atoms with van der Waals surface area (Å²) in [7, 11) is 4.03. The lowest BCUT2D eigenvalue weighted by atomic mass is 9.86. The number of hydrogen-bond acceptors (Lipinski definition) is 7. The molecule has 1 aliphatic carbocycles. The van der Waals surface area contributed by atoms with Gasteiger partial charge in [-0.2, -0.15) is 4.98 Å². The van der Waals surface area contributed by atoms with E-state index in [0.717, 1.165) is 61.1 Å². The van der Waals surface area contributed by atoms with Crippen molar-refractivity contribution in [3.8, 4) is 0 Å². The number of non-ortho nitro benzene ring substituents is 1. The minimum absolute atomic E-state index is 0.169. The highest BCUT2D eigenvalue weighted by atomic mass is 16.6. The monoisotopic (exact) mass is 462 g/mol. The maximum Gasteiger partial charge on any atom is 0.269 e. The second-order valence-electron chi connectivity index (χ2n) is 9.38. The number of nitro benzene ring substituents is 1. The van der Waals surface area contributed by atoms with Crippen molar-refractivity contribution in [2.24, 2.45) is 5.92 Å². The van der Waals surface area contributed by atoms with Crippen LogP contribution in [0.3, 0.4) is 0 Å². The van der Waals surface area contributed by atoms with Crippen LogP contribution < -0.4 is 15.5 Å². The minimum Gasteiger partial charge on any atom is -0.362 e. The highest BCUT2D eigenvalue weighted by Crippen LogP contribution is 2.28. The van der Waals surface area contributed by atoms with Gasteiger partial charge in [0, 0.05) is 37.7 Å². The van der Waals surface area contributed by atoms with E-state index in [4.69, 9.17) is 9.97 Å². The van der Waals surface area contributed by atoms with Crippen molar-refractivity contribution < 1.29 is 4.92 Å². The Morgan fingerprint density at radius 2 is 1.85 bits per heavy atom. The number of nitrogens with one attached hydrogen (secondary N) is 2. The molecule has 8 nitrogen and oxygen atoms in total. The fourth-order valence-electron chi connectivity index (χ4n) is 4.71. The number of fused-ring (bicyclic) bond motifs is 1. The number of rotatable bonds is 10. The molecular weight excluding hydrogens is 428 g/mol. The van der Waals surface area contributed by atoms with Crippen LogP contribution in [0.2, 0.25) is 0 Å². The van der Waals surface area contributed by atoms with Gasteiger partial charge in [0.25, 0.3) is 5.69 Å². The standard InChI is InChI=1S/C26H34N6O2/c1-31(2)25-23-10-3-4-11-24(23)29-26(30-25)28-21-14-12-20(13-15-21)18-27-16-6-8-19-7-5-9-22(17-19)32(33)34/h3-5,7,9-11,17,20-21,27H,6,8,12-16,18H2,1-2H3,(H,28,29,30)/t20-,21+. The van der Waals surface area contributed by atoms with Gasteiger partial charge in [-0.1, -0.05) is 24.3 Å². The summed E-state index contributed by atoms with van der Waals surface area (Å²) in [5.74, 6) is 2.34. The van der Waals surface area contributed by atoms with E-state index < -0.39 is 0 Å². The van der Waals surface area contributed by atoms with Gasteiger partial charge in [0.1, 0.15) is 5.82 Å². The summed E-state index contributed by atoms with van der Waals surface area (Å²) in [6.07, 6.45) is 6.44. The molecule has 2 N–H and O–H groups in total. The summed E-state index contributed by atoms with van der Waals surface area (Å²) in [6, 6.07) is 15.5. The third-order valence-corrected chi connectivity index (χ3v) is 6.56. The molecule has 0 spiro atoms. The van der Waals surface area contributed by atoms with Crippen molar-refractivity contribution in [3.05, 3.63) is 64.2 Å². The Labute approximate surface area is 200 Å². The summed E-state index contributed by atoms with van der Waals surface area (Å²) in [4.78, 5) is 22.1. The normalized spacial score (nSPS) is 18.1. The highest BCUT2D eigenvalue weighted by Gasteiger charge is 2.22. The van der Waals surface area contributed by atoms with E-state index in [1.165, 1.54) is 12.8 Å². The maximum absolute atomic E-state index is 10.9. The third-order valence-electron chi connectivity index (χ3n) is 6.56. The van der Waals surface area contributed by atoms with E-state index >= 15 is 0 Å². The Balaban J connectivity index is 1.19. The molecule has 4 rings (SSSR count). The van der Waals surface area contributed by atoms with E-state index in [1.54, 1.807) is 18.2 Å². The zero-order valence-electron chi connectivity index (χ0n) is 20.0. The second-order valence-corrected chi connectivity index (χ2v) is 9.38. The number of benzene rings is 2. The molecule has 1 aliphatic rings. The first-order valence-electron chi connectivity index (χ1n) is 12.1. The van der Waals surface area contributed by atoms with Crippen molar-refractivity contribution in [1.82, 2.24) is 15.3 Å². The van der Waals surface area contributed by atoms with Gasteiger partial charge in [0.2, 0.25) is 5.95 Å². The number of aryl methyl sites for hydroxylation is 1. The van der Waals surface area contributed by atoms with Crippen LogP contribution in [0.15, 0.2) is 48.5 Å². The number of hydrogen-bond donors (Lipinski definition) is 2. The van der Waals surface area contributed by atoms with Crippen molar-refractivity contribution in [1.29, 1.82) is 0 Å². The van der Waals surface area contributed by atoms with Gasteiger partial charge < -0.3 is 15.5 Å². The molecular formula is C26H34N6O2. The molecule has 1 fully saturated rings. The van der Waals surface area contributed by atoms with Crippen LogP contribution in [-0.2, 0) is 6.42 Å². The van der Waals surface area contributed by atoms with Crippen LogP contribution in [0.5, 0.6) is 0 Å². The predicted octanol–water partition coefficient (Wildman–Crippen LogP) is 4.80. The molecule has 0 aliphatic heterocycles. The van der Waals surface area contributed by atoms with E-state index in [2.05, 4.69) is 16.7 Å². The van der Waals surface area contributed by atoms with E-state index in [1.807, 2.05) is 43.3 Å². The number of aromatic nitrogens is 2. The van der Waals surface area contributed by atoms with Crippen LogP contribution in [0.25, 0.3) is 10.9 Å². The average Bonchev–Trinajstić information content (AvgIpc) is 2.84. The van der Waals surface area contributed by atoms with Crippen molar-refractivity contribution in [3.63, 3.8) is 0 Å². The Morgan fingerprint density at radius 1 is 1.06 bits per heavy atom. The van der Waals surface area contributed by atoms with E-state index in [9.17, 15) is 10.1 Å². The number of anilines is 2. The Bertz CT molecular complexity index is 1110. The largest absolute Gasteiger partial charge is 0.362 e. The lowest BCUT2D eigenvalue weighted by Crippen LogP contribution is -2.32. The Morgan fingerprint density at radius 3 is 2.62 bits per heavy atom. The maximum atomic E-state index is 10.9. The molecule has 1 heterocycles.